The number of carbonyl (C=O) groups excluding carboxylic acids is 1. The van der Waals surface area contributed by atoms with Gasteiger partial charge in [0, 0.05) is 45.7 Å². The Bertz CT molecular complexity index is 821. The molecule has 3 rings (SSSR count). The fraction of sp³-hybridized carbons (Fsp3) is 0.789. The molecule has 10 heteroatoms. The molecule has 8 nitrogen and oxygen atoms in total. The predicted octanol–water partition coefficient (Wildman–Crippen LogP) is 1.76. The number of ether oxygens (including phenoxy) is 1. The molecular formula is C19H32N4O4S2. The number of morpholine rings is 1. The van der Waals surface area contributed by atoms with Crippen LogP contribution in [-0.4, -0.2) is 84.3 Å². The molecule has 0 radical (unpaired) electrons. The van der Waals surface area contributed by atoms with Crippen molar-refractivity contribution in [1.82, 2.24) is 18.5 Å². The first-order valence-corrected chi connectivity index (χ1v) is 12.5. The van der Waals surface area contributed by atoms with Crippen LogP contribution in [0.5, 0.6) is 0 Å². The quantitative estimate of drug-likeness (QED) is 0.691. The Morgan fingerprint density at radius 1 is 1.14 bits per heavy atom. The number of carbonyl (C=O) groups is 1. The Morgan fingerprint density at radius 2 is 1.72 bits per heavy atom. The van der Waals surface area contributed by atoms with E-state index in [2.05, 4.69) is 18.8 Å². The van der Waals surface area contributed by atoms with Crippen molar-refractivity contribution in [2.24, 2.45) is 5.92 Å². The van der Waals surface area contributed by atoms with Crippen molar-refractivity contribution >= 4 is 27.5 Å². The van der Waals surface area contributed by atoms with Gasteiger partial charge in [-0.25, -0.2) is 4.98 Å². The number of piperazine rings is 1. The van der Waals surface area contributed by atoms with E-state index in [1.165, 1.54) is 19.9 Å². The van der Waals surface area contributed by atoms with Crippen molar-refractivity contribution in [3.63, 3.8) is 0 Å². The summed E-state index contributed by atoms with van der Waals surface area (Å²) < 4.78 is 34.7. The van der Waals surface area contributed by atoms with Crippen LogP contribution in [0.4, 0.5) is 0 Å². The van der Waals surface area contributed by atoms with Crippen LogP contribution in [0.1, 0.15) is 48.1 Å². The minimum absolute atomic E-state index is 0.0410. The predicted molar refractivity (Wildman–Crippen MR) is 113 cm³/mol. The van der Waals surface area contributed by atoms with Crippen LogP contribution in [0.3, 0.4) is 0 Å². The van der Waals surface area contributed by atoms with E-state index in [0.717, 1.165) is 17.1 Å². The van der Waals surface area contributed by atoms with Crippen LogP contribution in [-0.2, 0) is 21.4 Å². The molecular weight excluding hydrogens is 412 g/mol. The zero-order valence-electron chi connectivity index (χ0n) is 17.9. The lowest BCUT2D eigenvalue weighted by Gasteiger charge is -2.40. The molecule has 0 spiro atoms. The van der Waals surface area contributed by atoms with Gasteiger partial charge in [-0.15, -0.1) is 11.3 Å². The van der Waals surface area contributed by atoms with Crippen LogP contribution in [0.2, 0.25) is 0 Å². The van der Waals surface area contributed by atoms with Crippen LogP contribution in [0.25, 0.3) is 0 Å². The average Bonchev–Trinajstić information content (AvgIpc) is 2.99. The van der Waals surface area contributed by atoms with Gasteiger partial charge < -0.3 is 9.64 Å². The van der Waals surface area contributed by atoms with Gasteiger partial charge in [0.05, 0.1) is 22.9 Å². The third kappa shape index (κ3) is 5.16. The Hall–Kier alpha value is -1.07. The van der Waals surface area contributed by atoms with E-state index in [1.807, 2.05) is 20.8 Å². The van der Waals surface area contributed by atoms with Crippen LogP contribution in [0, 0.1) is 12.8 Å². The van der Waals surface area contributed by atoms with Crippen LogP contribution in [0.15, 0.2) is 0 Å². The number of aromatic nitrogens is 1. The second-order valence-corrected chi connectivity index (χ2v) is 11.4. The first-order valence-electron chi connectivity index (χ1n) is 10.2. The molecule has 0 bridgehead atoms. The fourth-order valence-electron chi connectivity index (χ4n) is 3.84. The first-order chi connectivity index (χ1) is 13.6. The molecule has 0 N–H and O–H groups in total. The molecule has 0 aromatic carbocycles. The topological polar surface area (TPSA) is 83.1 Å². The molecule has 2 fully saturated rings. The third-order valence-electron chi connectivity index (χ3n) is 5.18. The van der Waals surface area contributed by atoms with Crippen LogP contribution < -0.4 is 0 Å². The number of thiazole rings is 1. The summed E-state index contributed by atoms with van der Waals surface area (Å²) in [6.07, 6.45) is 0.623. The van der Waals surface area contributed by atoms with Crippen molar-refractivity contribution in [2.45, 2.75) is 53.2 Å². The standard InChI is InChI=1S/C19H32N4O4S2/c1-13(2)10-17-20-16(5)18(28-17)19(24)21-6-8-22(9-7-21)29(25,26)23-11-14(3)27-15(4)12-23/h13-15H,6-12H2,1-5H3. The van der Waals surface area contributed by atoms with E-state index in [4.69, 9.17) is 4.74 Å². The van der Waals surface area contributed by atoms with Gasteiger partial charge in [-0.3, -0.25) is 4.79 Å². The molecule has 29 heavy (non-hydrogen) atoms. The summed E-state index contributed by atoms with van der Waals surface area (Å²) in [5.41, 5.74) is 0.766. The highest BCUT2D eigenvalue weighted by Crippen LogP contribution is 2.24. The average molecular weight is 445 g/mol. The summed E-state index contributed by atoms with van der Waals surface area (Å²) in [5, 5.41) is 0.984. The number of rotatable bonds is 5. The van der Waals surface area contributed by atoms with E-state index in [-0.39, 0.29) is 18.1 Å². The van der Waals surface area contributed by atoms with E-state index in [1.54, 1.807) is 4.90 Å². The molecule has 2 aliphatic rings. The summed E-state index contributed by atoms with van der Waals surface area (Å²) in [4.78, 5) is 19.9. The maximum atomic E-state index is 13.0. The lowest BCUT2D eigenvalue weighted by Crippen LogP contribution is -2.57. The molecule has 1 amide bonds. The molecule has 164 valence electrons. The third-order valence-corrected chi connectivity index (χ3v) is 8.32. The molecule has 1 aromatic rings. The summed E-state index contributed by atoms with van der Waals surface area (Å²) in [6, 6.07) is 0. The minimum atomic E-state index is -3.54. The molecule has 2 saturated heterocycles. The van der Waals surface area contributed by atoms with Gasteiger partial charge in [-0.2, -0.15) is 17.0 Å². The van der Waals surface area contributed by atoms with Gasteiger partial charge in [0.15, 0.2) is 0 Å². The van der Waals surface area contributed by atoms with Gasteiger partial charge in [-0.1, -0.05) is 13.8 Å². The van der Waals surface area contributed by atoms with Crippen molar-refractivity contribution in [3.8, 4) is 0 Å². The second kappa shape index (κ2) is 8.97. The Kier molecular flexibility index (Phi) is 6.99. The molecule has 2 aliphatic heterocycles. The number of aryl methyl sites for hydroxylation is 1. The lowest BCUT2D eigenvalue weighted by molar-refractivity contribution is -0.0457. The summed E-state index contributed by atoms with van der Waals surface area (Å²) in [6.45, 7) is 12.1. The van der Waals surface area contributed by atoms with Crippen LogP contribution >= 0.6 is 11.3 Å². The van der Waals surface area contributed by atoms with Gasteiger partial charge in [0.2, 0.25) is 0 Å². The van der Waals surface area contributed by atoms with Crippen molar-refractivity contribution in [2.75, 3.05) is 39.3 Å². The van der Waals surface area contributed by atoms with Gasteiger partial charge in [0.1, 0.15) is 4.88 Å². The van der Waals surface area contributed by atoms with Gasteiger partial charge in [-0.05, 0) is 26.7 Å². The fourth-order valence-corrected chi connectivity index (χ4v) is 6.83. The number of nitrogens with zero attached hydrogens (tertiary/aromatic N) is 4. The first kappa shape index (κ1) is 22.6. The maximum Gasteiger partial charge on any atom is 0.282 e. The monoisotopic (exact) mass is 444 g/mol. The highest BCUT2D eigenvalue weighted by molar-refractivity contribution is 7.86. The number of amides is 1. The summed E-state index contributed by atoms with van der Waals surface area (Å²) in [7, 11) is -3.54. The van der Waals surface area contributed by atoms with E-state index in [9.17, 15) is 13.2 Å². The second-order valence-electron chi connectivity index (χ2n) is 8.39. The summed E-state index contributed by atoms with van der Waals surface area (Å²) >= 11 is 1.46. The zero-order chi connectivity index (χ0) is 21.3. The zero-order valence-corrected chi connectivity index (χ0v) is 19.6. The summed E-state index contributed by atoms with van der Waals surface area (Å²) in [5.74, 6) is 0.448. The Balaban J connectivity index is 1.63. The minimum Gasteiger partial charge on any atom is -0.373 e. The van der Waals surface area contributed by atoms with Crippen molar-refractivity contribution < 1.29 is 17.9 Å². The van der Waals surface area contributed by atoms with Crippen molar-refractivity contribution in [3.05, 3.63) is 15.6 Å². The normalized spacial score (nSPS) is 25.0. The van der Waals surface area contributed by atoms with Gasteiger partial charge >= 0.3 is 0 Å². The SMILES string of the molecule is Cc1nc(CC(C)C)sc1C(=O)N1CCN(S(=O)(=O)N2CC(C)OC(C)C2)CC1. The Labute approximate surface area is 178 Å². The molecule has 0 aliphatic carbocycles. The number of hydrogen-bond donors (Lipinski definition) is 0. The highest BCUT2D eigenvalue weighted by atomic mass is 32.2. The molecule has 0 saturated carbocycles. The molecule has 3 heterocycles. The lowest BCUT2D eigenvalue weighted by atomic mass is 10.1. The van der Waals surface area contributed by atoms with E-state index >= 15 is 0 Å². The molecule has 2 atom stereocenters. The van der Waals surface area contributed by atoms with E-state index in [0.29, 0.717) is 50.1 Å². The van der Waals surface area contributed by atoms with E-state index < -0.39 is 10.2 Å². The maximum absolute atomic E-state index is 13.0. The van der Waals surface area contributed by atoms with Gasteiger partial charge in [0.25, 0.3) is 16.1 Å². The largest absolute Gasteiger partial charge is 0.373 e. The highest BCUT2D eigenvalue weighted by Gasteiger charge is 2.37. The Morgan fingerprint density at radius 3 is 2.28 bits per heavy atom. The smallest absolute Gasteiger partial charge is 0.282 e. The number of hydrogen-bond acceptors (Lipinski definition) is 6. The molecule has 2 unspecified atom stereocenters. The molecule has 1 aromatic heterocycles. The van der Waals surface area contributed by atoms with Crippen molar-refractivity contribution in [1.29, 1.82) is 0 Å².